The van der Waals surface area contributed by atoms with E-state index < -0.39 is 0 Å². The number of morpholine rings is 1. The van der Waals surface area contributed by atoms with Gasteiger partial charge in [-0.2, -0.15) is 0 Å². The molecule has 26 heavy (non-hydrogen) atoms. The van der Waals surface area contributed by atoms with Crippen molar-refractivity contribution >= 4 is 35.6 Å². The van der Waals surface area contributed by atoms with Gasteiger partial charge in [-0.15, -0.1) is 24.0 Å². The first-order chi connectivity index (χ1) is 11.9. The molecule has 0 unspecified atom stereocenters. The Morgan fingerprint density at radius 1 is 1.35 bits per heavy atom. The molecule has 0 amide bonds. The largest absolute Gasteiger partial charge is 0.379 e. The van der Waals surface area contributed by atoms with Gasteiger partial charge in [0, 0.05) is 50.9 Å². The van der Waals surface area contributed by atoms with Crippen LogP contribution in [0.25, 0.3) is 0 Å². The van der Waals surface area contributed by atoms with Crippen LogP contribution in [0.4, 0.5) is 5.69 Å². The lowest BCUT2D eigenvalue weighted by Crippen LogP contribution is -2.56. The number of halogens is 1. The Labute approximate surface area is 171 Å². The highest BCUT2D eigenvalue weighted by atomic mass is 127. The van der Waals surface area contributed by atoms with Crippen molar-refractivity contribution in [2.24, 2.45) is 4.99 Å². The molecule has 1 fully saturated rings. The number of hydrogen-bond donors (Lipinski definition) is 2. The van der Waals surface area contributed by atoms with E-state index in [4.69, 9.17) is 4.74 Å². The molecule has 1 aliphatic heterocycles. The van der Waals surface area contributed by atoms with E-state index in [-0.39, 0.29) is 40.1 Å². The fourth-order valence-corrected chi connectivity index (χ4v) is 2.77. The van der Waals surface area contributed by atoms with Crippen LogP contribution in [-0.4, -0.2) is 61.2 Å². The van der Waals surface area contributed by atoms with Crippen LogP contribution in [0.2, 0.25) is 0 Å². The van der Waals surface area contributed by atoms with Crippen LogP contribution in [0.1, 0.15) is 19.4 Å². The minimum Gasteiger partial charge on any atom is -0.379 e. The molecule has 0 atom stereocenters. The second kappa shape index (κ2) is 10.6. The number of nitrogens with zero attached hydrogens (tertiary/aromatic N) is 3. The predicted octanol–water partition coefficient (Wildman–Crippen LogP) is 1.99. The van der Waals surface area contributed by atoms with E-state index in [0.29, 0.717) is 12.5 Å². The fraction of sp³-hybridized carbons (Fsp3) is 0.588. The molecule has 2 N–H and O–H groups in total. The molecular weight excluding hydrogens is 449 g/mol. The van der Waals surface area contributed by atoms with Gasteiger partial charge in [0.2, 0.25) is 0 Å². The Balaban J connectivity index is 0.00000338. The topological polar surface area (TPSA) is 92.0 Å². The summed E-state index contributed by atoms with van der Waals surface area (Å²) in [5, 5.41) is 17.4. The maximum atomic E-state index is 10.8. The van der Waals surface area contributed by atoms with Gasteiger partial charge < -0.3 is 15.4 Å². The molecule has 1 aromatic carbocycles. The third kappa shape index (κ3) is 6.69. The highest BCUT2D eigenvalue weighted by Gasteiger charge is 2.28. The van der Waals surface area contributed by atoms with Gasteiger partial charge in [-0.05, 0) is 19.4 Å². The summed E-state index contributed by atoms with van der Waals surface area (Å²) in [4.78, 5) is 17.1. The van der Waals surface area contributed by atoms with Crippen LogP contribution in [0.3, 0.4) is 0 Å². The summed E-state index contributed by atoms with van der Waals surface area (Å²) < 4.78 is 5.41. The maximum absolute atomic E-state index is 10.8. The van der Waals surface area contributed by atoms with Gasteiger partial charge in [0.15, 0.2) is 5.96 Å². The second-order valence-electron chi connectivity index (χ2n) is 6.62. The molecule has 8 nitrogen and oxygen atoms in total. The Kier molecular flexibility index (Phi) is 9.23. The van der Waals surface area contributed by atoms with Gasteiger partial charge in [-0.25, -0.2) is 0 Å². The number of rotatable bonds is 6. The molecule has 1 saturated heterocycles. The van der Waals surface area contributed by atoms with Gasteiger partial charge in [-0.3, -0.25) is 20.0 Å². The molecule has 0 spiro atoms. The molecule has 0 aliphatic carbocycles. The molecule has 2 rings (SSSR count). The van der Waals surface area contributed by atoms with Crippen molar-refractivity contribution in [3.63, 3.8) is 0 Å². The Bertz CT molecular complexity index is 618. The number of ether oxygens (including phenoxy) is 1. The summed E-state index contributed by atoms with van der Waals surface area (Å²) in [5.41, 5.74) is 0.910. The van der Waals surface area contributed by atoms with Crippen LogP contribution in [0, 0.1) is 10.1 Å². The third-order valence-electron chi connectivity index (χ3n) is 4.36. The van der Waals surface area contributed by atoms with Crippen molar-refractivity contribution in [2.45, 2.75) is 25.9 Å². The zero-order valence-corrected chi connectivity index (χ0v) is 17.9. The van der Waals surface area contributed by atoms with Crippen molar-refractivity contribution in [3.05, 3.63) is 39.9 Å². The predicted molar refractivity (Wildman–Crippen MR) is 113 cm³/mol. The zero-order chi connectivity index (χ0) is 18.3. The summed E-state index contributed by atoms with van der Waals surface area (Å²) >= 11 is 0. The minimum absolute atomic E-state index is 0. The van der Waals surface area contributed by atoms with E-state index in [0.717, 1.165) is 38.4 Å². The molecular formula is C17H28IN5O3. The van der Waals surface area contributed by atoms with E-state index in [1.54, 1.807) is 19.2 Å². The number of guanidine groups is 1. The van der Waals surface area contributed by atoms with Crippen LogP contribution in [0.15, 0.2) is 29.3 Å². The maximum Gasteiger partial charge on any atom is 0.269 e. The number of nitro benzene ring substituents is 1. The SMILES string of the molecule is CN=C(NCc1cccc([N+](=O)[O-])c1)NCC(C)(C)N1CCOCC1.I. The van der Waals surface area contributed by atoms with Gasteiger partial charge in [0.05, 0.1) is 18.1 Å². The highest BCUT2D eigenvalue weighted by Crippen LogP contribution is 2.15. The second-order valence-corrected chi connectivity index (χ2v) is 6.62. The van der Waals surface area contributed by atoms with Crippen LogP contribution >= 0.6 is 24.0 Å². The lowest BCUT2D eigenvalue weighted by molar-refractivity contribution is -0.384. The molecule has 1 aromatic rings. The quantitative estimate of drug-likeness (QED) is 0.214. The lowest BCUT2D eigenvalue weighted by atomic mass is 10.0. The third-order valence-corrected chi connectivity index (χ3v) is 4.36. The standard InChI is InChI=1S/C17H27N5O3.HI/c1-17(2,21-7-9-25-10-8-21)13-20-16(18-3)19-12-14-5-4-6-15(11-14)22(23)24;/h4-6,11H,7-10,12-13H2,1-3H3,(H2,18,19,20);1H. The van der Waals surface area contributed by atoms with Crippen LogP contribution in [0.5, 0.6) is 0 Å². The van der Waals surface area contributed by atoms with Crippen LogP contribution < -0.4 is 10.6 Å². The molecule has 0 radical (unpaired) electrons. The number of nitrogens with one attached hydrogen (secondary N) is 2. The summed E-state index contributed by atoms with van der Waals surface area (Å²) in [6, 6.07) is 6.59. The molecule has 0 bridgehead atoms. The number of aliphatic imine (C=N–C) groups is 1. The summed E-state index contributed by atoms with van der Waals surface area (Å²) in [6.45, 7) is 8.98. The summed E-state index contributed by atoms with van der Waals surface area (Å²) in [6.07, 6.45) is 0. The van der Waals surface area contributed by atoms with E-state index in [1.807, 2.05) is 6.07 Å². The first kappa shape index (κ1) is 22.6. The van der Waals surface area contributed by atoms with Crippen molar-refractivity contribution in [1.82, 2.24) is 15.5 Å². The number of nitro groups is 1. The van der Waals surface area contributed by atoms with E-state index >= 15 is 0 Å². The number of benzene rings is 1. The molecule has 146 valence electrons. The van der Waals surface area contributed by atoms with Gasteiger partial charge in [-0.1, -0.05) is 12.1 Å². The minimum atomic E-state index is -0.387. The average Bonchev–Trinajstić information content (AvgIpc) is 2.63. The Morgan fingerprint density at radius 3 is 2.65 bits per heavy atom. The average molecular weight is 477 g/mol. The monoisotopic (exact) mass is 477 g/mol. The number of non-ortho nitro benzene ring substituents is 1. The first-order valence-corrected chi connectivity index (χ1v) is 8.43. The fourth-order valence-electron chi connectivity index (χ4n) is 2.77. The normalized spacial score (nSPS) is 15.9. The van der Waals surface area contributed by atoms with Gasteiger partial charge in [0.1, 0.15) is 0 Å². The van der Waals surface area contributed by atoms with Crippen molar-refractivity contribution in [3.8, 4) is 0 Å². The molecule has 0 saturated carbocycles. The Morgan fingerprint density at radius 2 is 2.04 bits per heavy atom. The lowest BCUT2D eigenvalue weighted by Gasteiger charge is -2.41. The van der Waals surface area contributed by atoms with Crippen molar-refractivity contribution in [1.29, 1.82) is 0 Å². The van der Waals surface area contributed by atoms with E-state index in [2.05, 4.69) is 34.4 Å². The molecule has 0 aromatic heterocycles. The van der Waals surface area contributed by atoms with E-state index in [1.165, 1.54) is 6.07 Å². The van der Waals surface area contributed by atoms with E-state index in [9.17, 15) is 10.1 Å². The smallest absolute Gasteiger partial charge is 0.269 e. The van der Waals surface area contributed by atoms with Crippen LogP contribution in [-0.2, 0) is 11.3 Å². The molecule has 9 heteroatoms. The molecule has 1 aliphatic rings. The summed E-state index contributed by atoms with van der Waals surface area (Å²) in [5.74, 6) is 0.674. The van der Waals surface area contributed by atoms with Crippen molar-refractivity contribution < 1.29 is 9.66 Å². The summed E-state index contributed by atoms with van der Waals surface area (Å²) in [7, 11) is 1.71. The highest BCUT2D eigenvalue weighted by molar-refractivity contribution is 14.0. The Hall–Kier alpha value is -1.46. The first-order valence-electron chi connectivity index (χ1n) is 8.43. The van der Waals surface area contributed by atoms with Gasteiger partial charge >= 0.3 is 0 Å². The zero-order valence-electron chi connectivity index (χ0n) is 15.5. The van der Waals surface area contributed by atoms with Crippen molar-refractivity contribution in [2.75, 3.05) is 39.9 Å². The number of hydrogen-bond acceptors (Lipinski definition) is 5. The van der Waals surface area contributed by atoms with Gasteiger partial charge in [0.25, 0.3) is 5.69 Å². The molecule has 1 heterocycles.